The summed E-state index contributed by atoms with van der Waals surface area (Å²) in [5, 5.41) is 22.1. The largest absolute Gasteiger partial charge is 0.495 e. The van der Waals surface area contributed by atoms with Gasteiger partial charge in [0, 0.05) is 11.8 Å². The lowest BCUT2D eigenvalue weighted by Gasteiger charge is -2.25. The van der Waals surface area contributed by atoms with Crippen LogP contribution >= 0.6 is 0 Å². The number of nitriles is 1. The van der Waals surface area contributed by atoms with E-state index in [2.05, 4.69) is 5.32 Å². The first-order valence-corrected chi connectivity index (χ1v) is 8.01. The number of nitrogens with zero attached hydrogens (tertiary/aromatic N) is 2. The highest BCUT2D eigenvalue weighted by Gasteiger charge is 2.44. The van der Waals surface area contributed by atoms with E-state index in [9.17, 15) is 9.90 Å². The Labute approximate surface area is 151 Å². The number of hydrogen-bond acceptors (Lipinski definition) is 5. The van der Waals surface area contributed by atoms with E-state index in [1.165, 1.54) is 12.0 Å². The maximum absolute atomic E-state index is 12.1. The fourth-order valence-electron chi connectivity index (χ4n) is 2.73. The van der Waals surface area contributed by atoms with Crippen LogP contribution in [0, 0.1) is 11.3 Å². The SMILES string of the molecule is COc1cc(Oc2ccc(N3C(=O)NC(C)(C)C3O)cc2)ccc1C#N. The van der Waals surface area contributed by atoms with Crippen molar-refractivity contribution < 1.29 is 19.4 Å². The number of carbonyl (C=O) groups excluding carboxylic acids is 1. The van der Waals surface area contributed by atoms with E-state index in [0.717, 1.165) is 0 Å². The molecule has 7 heteroatoms. The molecule has 2 aromatic carbocycles. The first-order valence-electron chi connectivity index (χ1n) is 8.01. The number of nitrogens with one attached hydrogen (secondary N) is 1. The average Bonchev–Trinajstić information content (AvgIpc) is 2.83. The summed E-state index contributed by atoms with van der Waals surface area (Å²) in [6, 6.07) is 13.4. The van der Waals surface area contributed by atoms with Gasteiger partial charge in [0.2, 0.25) is 0 Å². The number of aliphatic hydroxyl groups is 1. The van der Waals surface area contributed by atoms with Crippen LogP contribution in [-0.2, 0) is 0 Å². The van der Waals surface area contributed by atoms with Crippen molar-refractivity contribution in [2.45, 2.75) is 25.6 Å². The number of rotatable bonds is 4. The zero-order valence-electron chi connectivity index (χ0n) is 14.7. The maximum atomic E-state index is 12.1. The van der Waals surface area contributed by atoms with Gasteiger partial charge >= 0.3 is 6.03 Å². The van der Waals surface area contributed by atoms with Crippen molar-refractivity contribution in [3.8, 4) is 23.3 Å². The summed E-state index contributed by atoms with van der Waals surface area (Å²) >= 11 is 0. The molecule has 2 N–H and O–H groups in total. The number of methoxy groups -OCH3 is 1. The molecule has 26 heavy (non-hydrogen) atoms. The van der Waals surface area contributed by atoms with Gasteiger partial charge in [0.15, 0.2) is 6.23 Å². The second kappa shape index (κ2) is 6.58. The monoisotopic (exact) mass is 353 g/mol. The van der Waals surface area contributed by atoms with Crippen LogP contribution in [0.25, 0.3) is 0 Å². The van der Waals surface area contributed by atoms with Gasteiger partial charge in [-0.25, -0.2) is 4.79 Å². The average molecular weight is 353 g/mol. The summed E-state index contributed by atoms with van der Waals surface area (Å²) in [6.07, 6.45) is -0.968. The van der Waals surface area contributed by atoms with Crippen molar-refractivity contribution in [3.05, 3.63) is 48.0 Å². The molecule has 0 aliphatic carbocycles. The molecule has 1 heterocycles. The van der Waals surface area contributed by atoms with E-state index in [0.29, 0.717) is 28.5 Å². The van der Waals surface area contributed by atoms with Crippen LogP contribution in [0.1, 0.15) is 19.4 Å². The molecule has 1 aliphatic rings. The Morgan fingerprint density at radius 3 is 2.38 bits per heavy atom. The summed E-state index contributed by atoms with van der Waals surface area (Å²) in [5.74, 6) is 1.50. The molecule has 0 bridgehead atoms. The third-order valence-electron chi connectivity index (χ3n) is 4.18. The molecule has 0 aromatic heterocycles. The van der Waals surface area contributed by atoms with Crippen LogP contribution in [-0.4, -0.2) is 30.0 Å². The first-order chi connectivity index (χ1) is 12.4. The lowest BCUT2D eigenvalue weighted by atomic mass is 10.1. The number of carbonyl (C=O) groups is 1. The lowest BCUT2D eigenvalue weighted by molar-refractivity contribution is 0.120. The highest BCUT2D eigenvalue weighted by molar-refractivity contribution is 5.95. The van der Waals surface area contributed by atoms with Crippen LogP contribution in [0.3, 0.4) is 0 Å². The van der Waals surface area contributed by atoms with E-state index in [1.54, 1.807) is 56.3 Å². The molecule has 0 spiro atoms. The van der Waals surface area contributed by atoms with E-state index in [1.807, 2.05) is 6.07 Å². The zero-order chi connectivity index (χ0) is 18.9. The lowest BCUT2D eigenvalue weighted by Crippen LogP contribution is -2.44. The Bertz CT molecular complexity index is 871. The van der Waals surface area contributed by atoms with Crippen molar-refractivity contribution in [2.75, 3.05) is 12.0 Å². The second-order valence-electron chi connectivity index (χ2n) is 6.47. The third-order valence-corrected chi connectivity index (χ3v) is 4.18. The van der Waals surface area contributed by atoms with Gasteiger partial charge in [-0.05, 0) is 50.2 Å². The van der Waals surface area contributed by atoms with Crippen molar-refractivity contribution in [3.63, 3.8) is 0 Å². The van der Waals surface area contributed by atoms with Crippen LogP contribution < -0.4 is 19.7 Å². The second-order valence-corrected chi connectivity index (χ2v) is 6.47. The van der Waals surface area contributed by atoms with Crippen molar-refractivity contribution in [2.24, 2.45) is 0 Å². The summed E-state index contributed by atoms with van der Waals surface area (Å²) in [6.45, 7) is 3.51. The minimum absolute atomic E-state index is 0.354. The number of anilines is 1. The quantitative estimate of drug-likeness (QED) is 0.881. The molecule has 2 amide bonds. The fraction of sp³-hybridized carbons (Fsp3) is 0.263. The zero-order valence-corrected chi connectivity index (χ0v) is 14.7. The molecular weight excluding hydrogens is 334 g/mol. The number of urea groups is 1. The van der Waals surface area contributed by atoms with Gasteiger partial charge in [-0.15, -0.1) is 0 Å². The Hall–Kier alpha value is -3.24. The minimum atomic E-state index is -0.968. The molecule has 134 valence electrons. The van der Waals surface area contributed by atoms with E-state index in [-0.39, 0.29) is 6.03 Å². The normalized spacial score (nSPS) is 18.2. The van der Waals surface area contributed by atoms with Crippen LogP contribution in [0.4, 0.5) is 10.5 Å². The molecule has 1 unspecified atom stereocenters. The number of ether oxygens (including phenoxy) is 2. The van der Waals surface area contributed by atoms with Crippen LogP contribution in [0.5, 0.6) is 17.2 Å². The molecule has 2 aromatic rings. The fourth-order valence-corrected chi connectivity index (χ4v) is 2.73. The molecular formula is C19H19N3O4. The molecule has 1 atom stereocenters. The highest BCUT2D eigenvalue weighted by Crippen LogP contribution is 2.31. The molecule has 1 aliphatic heterocycles. The third kappa shape index (κ3) is 3.15. The number of hydrogen-bond donors (Lipinski definition) is 2. The van der Waals surface area contributed by atoms with Gasteiger partial charge in [-0.3, -0.25) is 4.90 Å². The summed E-state index contributed by atoms with van der Waals surface area (Å²) in [5.41, 5.74) is 0.253. The smallest absolute Gasteiger partial charge is 0.324 e. The first kappa shape index (κ1) is 17.6. The van der Waals surface area contributed by atoms with Crippen molar-refractivity contribution in [1.29, 1.82) is 5.26 Å². The molecule has 1 saturated heterocycles. The Morgan fingerprint density at radius 2 is 1.85 bits per heavy atom. The van der Waals surface area contributed by atoms with Crippen molar-refractivity contribution in [1.82, 2.24) is 5.32 Å². The Morgan fingerprint density at radius 1 is 1.19 bits per heavy atom. The van der Waals surface area contributed by atoms with E-state index < -0.39 is 11.8 Å². The van der Waals surface area contributed by atoms with Gasteiger partial charge in [0.1, 0.15) is 23.3 Å². The summed E-state index contributed by atoms with van der Waals surface area (Å²) in [4.78, 5) is 13.4. The predicted molar refractivity (Wildman–Crippen MR) is 95.3 cm³/mol. The molecule has 0 radical (unpaired) electrons. The minimum Gasteiger partial charge on any atom is -0.495 e. The van der Waals surface area contributed by atoms with E-state index in [4.69, 9.17) is 14.7 Å². The van der Waals surface area contributed by atoms with Crippen molar-refractivity contribution >= 4 is 11.7 Å². The highest BCUT2D eigenvalue weighted by atomic mass is 16.5. The van der Waals surface area contributed by atoms with E-state index >= 15 is 0 Å². The van der Waals surface area contributed by atoms with Crippen LogP contribution in [0.15, 0.2) is 42.5 Å². The maximum Gasteiger partial charge on any atom is 0.324 e. The Balaban J connectivity index is 1.79. The summed E-state index contributed by atoms with van der Waals surface area (Å²) < 4.78 is 10.9. The van der Waals surface area contributed by atoms with Crippen LogP contribution in [0.2, 0.25) is 0 Å². The molecule has 3 rings (SSSR count). The molecule has 1 fully saturated rings. The number of amides is 2. The van der Waals surface area contributed by atoms with Gasteiger partial charge in [0.05, 0.1) is 18.2 Å². The topological polar surface area (TPSA) is 94.8 Å². The number of benzene rings is 2. The van der Waals surface area contributed by atoms with Gasteiger partial charge in [0.25, 0.3) is 0 Å². The number of aliphatic hydroxyl groups excluding tert-OH is 1. The Kier molecular flexibility index (Phi) is 4.45. The standard InChI is InChI=1S/C19H19N3O4/c1-19(2)17(23)22(18(24)21-19)13-5-8-14(9-6-13)26-15-7-4-12(11-20)16(10-15)25-3/h4-10,17,23H,1-3H3,(H,21,24). The van der Waals surface area contributed by atoms with Gasteiger partial charge < -0.3 is 19.9 Å². The molecule has 7 nitrogen and oxygen atoms in total. The van der Waals surface area contributed by atoms with Gasteiger partial charge in [-0.1, -0.05) is 0 Å². The molecule has 0 saturated carbocycles. The summed E-state index contributed by atoms with van der Waals surface area (Å²) in [7, 11) is 1.49. The van der Waals surface area contributed by atoms with Gasteiger partial charge in [-0.2, -0.15) is 5.26 Å². The predicted octanol–water partition coefficient (Wildman–Crippen LogP) is 2.99.